The van der Waals surface area contributed by atoms with Gasteiger partial charge in [-0.15, -0.1) is 0 Å². The predicted octanol–water partition coefficient (Wildman–Crippen LogP) is 4.27. The third kappa shape index (κ3) is 4.92. The van der Waals surface area contributed by atoms with E-state index in [1.54, 1.807) is 0 Å². The van der Waals surface area contributed by atoms with Crippen LogP contribution in [0.15, 0.2) is 24.3 Å². The molecule has 2 nitrogen and oxygen atoms in total. The van der Waals surface area contributed by atoms with Crippen LogP contribution in [-0.4, -0.2) is 24.8 Å². The number of likely N-dealkylation sites (N-methyl/N-ethyl adjacent to an activating group) is 1. The topological polar surface area (TPSA) is 29.3 Å². The molecule has 1 rings (SSSR count). The van der Waals surface area contributed by atoms with E-state index < -0.39 is 18.1 Å². The number of rotatable bonds is 7. The summed E-state index contributed by atoms with van der Waals surface area (Å²) in [5, 5.41) is 0. The summed E-state index contributed by atoms with van der Waals surface area (Å²) in [7, 11) is 0. The van der Waals surface area contributed by atoms with Crippen molar-refractivity contribution in [2.24, 2.45) is 5.73 Å². The van der Waals surface area contributed by atoms with E-state index in [0.29, 0.717) is 19.5 Å². The second-order valence-electron chi connectivity index (χ2n) is 5.70. The molecule has 1 unspecified atom stereocenters. The van der Waals surface area contributed by atoms with Gasteiger partial charge >= 0.3 is 6.18 Å². The maximum atomic E-state index is 12.4. The fraction of sp³-hybridized carbons (Fsp3) is 0.625. The Morgan fingerprint density at radius 3 is 2.24 bits per heavy atom. The molecule has 0 spiro atoms. The molecule has 1 atom stereocenters. The highest BCUT2D eigenvalue weighted by atomic mass is 19.4. The number of aryl methyl sites for hydroxylation is 1. The fourth-order valence-corrected chi connectivity index (χ4v) is 2.73. The van der Waals surface area contributed by atoms with Crippen molar-refractivity contribution < 1.29 is 13.2 Å². The Morgan fingerprint density at radius 1 is 1.14 bits per heavy atom. The van der Waals surface area contributed by atoms with Crippen LogP contribution in [0.5, 0.6) is 0 Å². The van der Waals surface area contributed by atoms with Gasteiger partial charge in [0.1, 0.15) is 0 Å². The molecule has 0 aliphatic carbocycles. The highest BCUT2D eigenvalue weighted by Gasteiger charge is 2.33. The number of hydrogen-bond acceptors (Lipinski definition) is 2. The molecule has 0 heterocycles. The van der Waals surface area contributed by atoms with Gasteiger partial charge in [-0.2, -0.15) is 13.2 Å². The number of nitrogens with zero attached hydrogens (tertiary/aromatic N) is 1. The molecule has 0 saturated carbocycles. The lowest BCUT2D eigenvalue weighted by Crippen LogP contribution is -2.52. The molecule has 1 aromatic rings. The number of para-hydroxylation sites is 1. The molecule has 1 aromatic carbocycles. The summed E-state index contributed by atoms with van der Waals surface area (Å²) in [6.45, 7) is 6.99. The van der Waals surface area contributed by atoms with Gasteiger partial charge in [-0.25, -0.2) is 0 Å². The van der Waals surface area contributed by atoms with Gasteiger partial charge in [-0.1, -0.05) is 18.2 Å². The minimum atomic E-state index is -4.10. The van der Waals surface area contributed by atoms with Gasteiger partial charge < -0.3 is 10.6 Å². The van der Waals surface area contributed by atoms with E-state index in [1.807, 2.05) is 45.0 Å². The third-order valence-corrected chi connectivity index (χ3v) is 3.99. The SMILES string of the molecule is CCN(c1ccccc1C)C(C)(CN)CCCC(F)(F)F. The molecule has 120 valence electrons. The summed E-state index contributed by atoms with van der Waals surface area (Å²) in [5.41, 5.74) is 7.58. The van der Waals surface area contributed by atoms with Gasteiger partial charge in [-0.3, -0.25) is 0 Å². The summed E-state index contributed by atoms with van der Waals surface area (Å²) in [4.78, 5) is 2.12. The Balaban J connectivity index is 2.90. The van der Waals surface area contributed by atoms with Crippen molar-refractivity contribution in [3.8, 4) is 0 Å². The van der Waals surface area contributed by atoms with Crippen molar-refractivity contribution in [3.63, 3.8) is 0 Å². The lowest BCUT2D eigenvalue weighted by molar-refractivity contribution is -0.136. The molecule has 5 heteroatoms. The average molecular weight is 302 g/mol. The van der Waals surface area contributed by atoms with E-state index in [9.17, 15) is 13.2 Å². The van der Waals surface area contributed by atoms with Crippen molar-refractivity contribution in [2.45, 2.75) is 51.7 Å². The molecule has 0 aliphatic rings. The van der Waals surface area contributed by atoms with Crippen LogP contribution < -0.4 is 10.6 Å². The van der Waals surface area contributed by atoms with Crippen molar-refractivity contribution >= 4 is 5.69 Å². The number of benzene rings is 1. The predicted molar refractivity (Wildman–Crippen MR) is 81.6 cm³/mol. The van der Waals surface area contributed by atoms with Crippen molar-refractivity contribution in [1.29, 1.82) is 0 Å². The van der Waals surface area contributed by atoms with Crippen LogP contribution in [0.2, 0.25) is 0 Å². The van der Waals surface area contributed by atoms with E-state index in [2.05, 4.69) is 4.90 Å². The largest absolute Gasteiger partial charge is 0.389 e. The first-order valence-electron chi connectivity index (χ1n) is 7.33. The first-order chi connectivity index (χ1) is 9.73. The number of halogens is 3. The van der Waals surface area contributed by atoms with E-state index >= 15 is 0 Å². The van der Waals surface area contributed by atoms with Crippen LogP contribution in [0.4, 0.5) is 18.9 Å². The fourth-order valence-electron chi connectivity index (χ4n) is 2.73. The van der Waals surface area contributed by atoms with Gasteiger partial charge in [0.15, 0.2) is 0 Å². The monoisotopic (exact) mass is 302 g/mol. The lowest BCUT2D eigenvalue weighted by atomic mass is 9.91. The normalized spacial score (nSPS) is 14.8. The molecule has 0 bridgehead atoms. The number of nitrogens with two attached hydrogens (primary N) is 1. The van der Waals surface area contributed by atoms with Gasteiger partial charge in [0.25, 0.3) is 0 Å². The molecule has 0 amide bonds. The van der Waals surface area contributed by atoms with Crippen LogP contribution >= 0.6 is 0 Å². The molecule has 2 N–H and O–H groups in total. The second kappa shape index (κ2) is 7.16. The smallest absolute Gasteiger partial charge is 0.365 e. The Hall–Kier alpha value is -1.23. The Labute approximate surface area is 125 Å². The number of alkyl halides is 3. The molecule has 0 saturated heterocycles. The number of anilines is 1. The standard InChI is InChI=1S/C16H25F3N2/c1-4-21(14-9-6-5-8-13(14)2)15(3,12-20)10-7-11-16(17,18)19/h5-6,8-9H,4,7,10-12,20H2,1-3H3. The molecule has 0 radical (unpaired) electrons. The Morgan fingerprint density at radius 2 is 1.76 bits per heavy atom. The molecular formula is C16H25F3N2. The van der Waals surface area contributed by atoms with Gasteiger partial charge in [-0.05, 0) is 45.2 Å². The van der Waals surface area contributed by atoms with E-state index in [0.717, 1.165) is 11.3 Å². The minimum Gasteiger partial charge on any atom is -0.365 e. The summed E-state index contributed by atoms with van der Waals surface area (Å²) >= 11 is 0. The first-order valence-corrected chi connectivity index (χ1v) is 7.33. The Bertz CT molecular complexity index is 445. The van der Waals surface area contributed by atoms with Gasteiger partial charge in [0, 0.05) is 30.7 Å². The van der Waals surface area contributed by atoms with E-state index in [4.69, 9.17) is 5.73 Å². The molecule has 0 aliphatic heterocycles. The maximum absolute atomic E-state index is 12.4. The van der Waals surface area contributed by atoms with Crippen molar-refractivity contribution in [2.75, 3.05) is 18.0 Å². The average Bonchev–Trinajstić information content (AvgIpc) is 2.40. The van der Waals surface area contributed by atoms with Crippen LogP contribution in [0, 0.1) is 6.92 Å². The molecule has 0 aromatic heterocycles. The van der Waals surface area contributed by atoms with Crippen molar-refractivity contribution in [1.82, 2.24) is 0 Å². The maximum Gasteiger partial charge on any atom is 0.389 e. The summed E-state index contributed by atoms with van der Waals surface area (Å²) in [6.07, 6.45) is -4.34. The minimum absolute atomic E-state index is 0.0968. The zero-order valence-corrected chi connectivity index (χ0v) is 13.0. The summed E-state index contributed by atoms with van der Waals surface area (Å²) in [5.74, 6) is 0. The quantitative estimate of drug-likeness (QED) is 0.815. The molecule has 0 fully saturated rings. The van der Waals surface area contributed by atoms with Crippen LogP contribution in [0.1, 0.15) is 38.7 Å². The van der Waals surface area contributed by atoms with Gasteiger partial charge in [0.05, 0.1) is 0 Å². The van der Waals surface area contributed by atoms with Gasteiger partial charge in [0.2, 0.25) is 0 Å². The van der Waals surface area contributed by atoms with Crippen molar-refractivity contribution in [3.05, 3.63) is 29.8 Å². The summed E-state index contributed by atoms with van der Waals surface area (Å²) in [6, 6.07) is 7.90. The second-order valence-corrected chi connectivity index (χ2v) is 5.70. The van der Waals surface area contributed by atoms with E-state index in [1.165, 1.54) is 0 Å². The highest BCUT2D eigenvalue weighted by Crippen LogP contribution is 2.32. The van der Waals surface area contributed by atoms with Crippen LogP contribution in [-0.2, 0) is 0 Å². The zero-order valence-electron chi connectivity index (χ0n) is 13.0. The summed E-state index contributed by atoms with van der Waals surface area (Å²) < 4.78 is 37.1. The molecule has 21 heavy (non-hydrogen) atoms. The Kier molecular flexibility index (Phi) is 6.08. The first kappa shape index (κ1) is 17.8. The third-order valence-electron chi connectivity index (χ3n) is 3.99. The molecular weight excluding hydrogens is 277 g/mol. The van der Waals surface area contributed by atoms with E-state index in [-0.39, 0.29) is 6.42 Å². The van der Waals surface area contributed by atoms with Crippen LogP contribution in [0.25, 0.3) is 0 Å². The highest BCUT2D eigenvalue weighted by molar-refractivity contribution is 5.55. The lowest BCUT2D eigenvalue weighted by Gasteiger charge is -2.43. The van der Waals surface area contributed by atoms with Crippen LogP contribution in [0.3, 0.4) is 0 Å². The number of hydrogen-bond donors (Lipinski definition) is 1. The zero-order chi connectivity index (χ0) is 16.1.